The topological polar surface area (TPSA) is 81.2 Å². The molecule has 0 atom stereocenters. The lowest BCUT2D eigenvalue weighted by molar-refractivity contribution is -0.384. The van der Waals surface area contributed by atoms with Gasteiger partial charge in [-0.1, -0.05) is 0 Å². The summed E-state index contributed by atoms with van der Waals surface area (Å²) in [5, 5.41) is 10.3. The fourth-order valence-corrected chi connectivity index (χ4v) is 0.803. The molecule has 0 aliphatic rings. The van der Waals surface area contributed by atoms with Crippen LogP contribution >= 0.6 is 0 Å². The number of hydrogen-bond acceptors (Lipinski definition) is 4. The van der Waals surface area contributed by atoms with Gasteiger partial charge < -0.3 is 5.43 Å². The molecule has 0 saturated carbocycles. The summed E-state index contributed by atoms with van der Waals surface area (Å²) >= 11 is 0. The standard InChI is InChI=1S/C6H5F2N3O2/c7-3-1-5(10-9)6(11(12)13)2-4(3)8/h1-2,10H,9H2. The highest BCUT2D eigenvalue weighted by atomic mass is 19.2. The van der Waals surface area contributed by atoms with E-state index in [4.69, 9.17) is 5.84 Å². The second kappa shape index (κ2) is 3.31. The van der Waals surface area contributed by atoms with Gasteiger partial charge in [0, 0.05) is 6.07 Å². The summed E-state index contributed by atoms with van der Waals surface area (Å²) < 4.78 is 25.0. The van der Waals surface area contributed by atoms with Gasteiger partial charge in [0.05, 0.1) is 11.0 Å². The predicted molar refractivity (Wildman–Crippen MR) is 40.8 cm³/mol. The summed E-state index contributed by atoms with van der Waals surface area (Å²) in [6.07, 6.45) is 0. The number of benzene rings is 1. The summed E-state index contributed by atoms with van der Waals surface area (Å²) in [5.41, 5.74) is 1.01. The van der Waals surface area contributed by atoms with Crippen molar-refractivity contribution in [2.75, 3.05) is 5.43 Å². The minimum atomic E-state index is -1.29. The third-order valence-corrected chi connectivity index (χ3v) is 1.39. The number of nitrogen functional groups attached to an aromatic ring is 1. The van der Waals surface area contributed by atoms with Crippen LogP contribution in [0.4, 0.5) is 20.2 Å². The lowest BCUT2D eigenvalue weighted by atomic mass is 10.2. The summed E-state index contributed by atoms with van der Waals surface area (Å²) in [6, 6.07) is 1.08. The van der Waals surface area contributed by atoms with E-state index in [0.29, 0.717) is 12.1 Å². The summed E-state index contributed by atoms with van der Waals surface area (Å²) in [5.74, 6) is 2.38. The van der Waals surface area contributed by atoms with Gasteiger partial charge in [-0.05, 0) is 0 Å². The lowest BCUT2D eigenvalue weighted by Gasteiger charge is -2.01. The number of rotatable bonds is 2. The van der Waals surface area contributed by atoms with Crippen LogP contribution < -0.4 is 11.3 Å². The van der Waals surface area contributed by atoms with Crippen molar-refractivity contribution in [1.29, 1.82) is 0 Å². The quantitative estimate of drug-likeness (QED) is 0.415. The maximum absolute atomic E-state index is 12.5. The van der Waals surface area contributed by atoms with Crippen molar-refractivity contribution in [3.63, 3.8) is 0 Å². The Morgan fingerprint density at radius 1 is 1.38 bits per heavy atom. The first-order valence-electron chi connectivity index (χ1n) is 3.16. The van der Waals surface area contributed by atoms with E-state index in [1.807, 2.05) is 5.43 Å². The maximum Gasteiger partial charge on any atom is 0.296 e. The van der Waals surface area contributed by atoms with E-state index in [1.54, 1.807) is 0 Å². The van der Waals surface area contributed by atoms with Gasteiger partial charge in [0.25, 0.3) is 5.69 Å². The number of halogens is 2. The molecule has 0 spiro atoms. The molecule has 0 heterocycles. The molecule has 0 unspecified atom stereocenters. The largest absolute Gasteiger partial charge is 0.318 e. The first-order valence-corrected chi connectivity index (χ1v) is 3.16. The second-order valence-electron chi connectivity index (χ2n) is 2.18. The molecule has 1 aromatic rings. The van der Waals surface area contributed by atoms with Gasteiger partial charge in [-0.3, -0.25) is 16.0 Å². The van der Waals surface area contributed by atoms with Crippen LogP contribution in [0.5, 0.6) is 0 Å². The maximum atomic E-state index is 12.5. The Balaban J connectivity index is 3.33. The van der Waals surface area contributed by atoms with E-state index in [0.717, 1.165) is 0 Å². The Kier molecular flexibility index (Phi) is 2.38. The molecule has 3 N–H and O–H groups in total. The molecule has 0 fully saturated rings. The molecule has 0 amide bonds. The van der Waals surface area contributed by atoms with Crippen LogP contribution in [-0.4, -0.2) is 4.92 Å². The molecular weight excluding hydrogens is 184 g/mol. The fourth-order valence-electron chi connectivity index (χ4n) is 0.803. The average Bonchev–Trinajstić information content (AvgIpc) is 2.08. The molecule has 1 rings (SSSR count). The van der Waals surface area contributed by atoms with Gasteiger partial charge in [0.2, 0.25) is 0 Å². The summed E-state index contributed by atoms with van der Waals surface area (Å²) in [7, 11) is 0. The Bertz CT molecular complexity index is 356. The molecule has 0 aliphatic heterocycles. The van der Waals surface area contributed by atoms with Crippen molar-refractivity contribution in [2.45, 2.75) is 0 Å². The highest BCUT2D eigenvalue weighted by molar-refractivity contribution is 5.60. The minimum Gasteiger partial charge on any atom is -0.318 e. The molecule has 0 radical (unpaired) electrons. The molecule has 0 aromatic heterocycles. The number of anilines is 1. The van der Waals surface area contributed by atoms with Crippen molar-refractivity contribution < 1.29 is 13.7 Å². The third kappa shape index (κ3) is 1.70. The first-order chi connectivity index (χ1) is 6.06. The van der Waals surface area contributed by atoms with Crippen LogP contribution in [0, 0.1) is 21.7 Å². The molecule has 13 heavy (non-hydrogen) atoms. The van der Waals surface area contributed by atoms with Crippen LogP contribution in [0.2, 0.25) is 0 Å². The van der Waals surface area contributed by atoms with Crippen molar-refractivity contribution >= 4 is 11.4 Å². The van der Waals surface area contributed by atoms with E-state index in [1.165, 1.54) is 0 Å². The van der Waals surface area contributed by atoms with Crippen LogP contribution in [0.3, 0.4) is 0 Å². The van der Waals surface area contributed by atoms with Crippen LogP contribution in [0.1, 0.15) is 0 Å². The molecular formula is C6H5F2N3O2. The van der Waals surface area contributed by atoms with Gasteiger partial charge in [-0.2, -0.15) is 0 Å². The monoisotopic (exact) mass is 189 g/mol. The summed E-state index contributed by atoms with van der Waals surface area (Å²) in [6.45, 7) is 0. The highest BCUT2D eigenvalue weighted by Crippen LogP contribution is 2.25. The van der Waals surface area contributed by atoms with Crippen molar-refractivity contribution in [1.82, 2.24) is 0 Å². The molecule has 5 nitrogen and oxygen atoms in total. The minimum absolute atomic E-state index is 0.274. The molecule has 0 saturated heterocycles. The Hall–Kier alpha value is -1.76. The highest BCUT2D eigenvalue weighted by Gasteiger charge is 2.17. The van der Waals surface area contributed by atoms with Gasteiger partial charge in [-0.25, -0.2) is 8.78 Å². The lowest BCUT2D eigenvalue weighted by Crippen LogP contribution is -2.09. The van der Waals surface area contributed by atoms with Gasteiger partial charge in [-0.15, -0.1) is 0 Å². The van der Waals surface area contributed by atoms with E-state index in [9.17, 15) is 18.9 Å². The predicted octanol–water partition coefficient (Wildman–Crippen LogP) is 1.16. The van der Waals surface area contributed by atoms with Crippen molar-refractivity contribution in [3.8, 4) is 0 Å². The number of hydrogen-bond donors (Lipinski definition) is 2. The first kappa shape index (κ1) is 9.33. The molecule has 70 valence electrons. The average molecular weight is 189 g/mol. The van der Waals surface area contributed by atoms with E-state index >= 15 is 0 Å². The molecule has 0 aliphatic carbocycles. The van der Waals surface area contributed by atoms with Crippen LogP contribution in [0.25, 0.3) is 0 Å². The molecule has 1 aromatic carbocycles. The number of nitro benzene ring substituents is 1. The third-order valence-electron chi connectivity index (χ3n) is 1.39. The Morgan fingerprint density at radius 2 is 1.92 bits per heavy atom. The van der Waals surface area contributed by atoms with Gasteiger partial charge in [0.15, 0.2) is 11.6 Å². The zero-order valence-electron chi connectivity index (χ0n) is 6.25. The van der Waals surface area contributed by atoms with Crippen molar-refractivity contribution in [3.05, 3.63) is 33.9 Å². The SMILES string of the molecule is NNc1cc(F)c(F)cc1[N+](=O)[O-]. The normalized spacial score (nSPS) is 9.77. The Labute approximate surface area is 71.3 Å². The smallest absolute Gasteiger partial charge is 0.296 e. The van der Waals surface area contributed by atoms with E-state index in [2.05, 4.69) is 0 Å². The van der Waals surface area contributed by atoms with Crippen molar-refractivity contribution in [2.24, 2.45) is 5.84 Å². The van der Waals surface area contributed by atoms with Gasteiger partial charge >= 0.3 is 0 Å². The number of nitrogens with one attached hydrogen (secondary N) is 1. The van der Waals surface area contributed by atoms with E-state index in [-0.39, 0.29) is 5.69 Å². The van der Waals surface area contributed by atoms with Gasteiger partial charge in [0.1, 0.15) is 5.69 Å². The van der Waals surface area contributed by atoms with Crippen LogP contribution in [-0.2, 0) is 0 Å². The van der Waals surface area contributed by atoms with Crippen LogP contribution in [0.15, 0.2) is 12.1 Å². The number of hydrazine groups is 1. The zero-order chi connectivity index (χ0) is 10.0. The Morgan fingerprint density at radius 3 is 2.38 bits per heavy atom. The number of nitro groups is 1. The number of nitrogens with two attached hydrogens (primary N) is 1. The zero-order valence-corrected chi connectivity index (χ0v) is 6.25. The second-order valence-corrected chi connectivity index (χ2v) is 2.18. The number of nitrogens with zero attached hydrogens (tertiary/aromatic N) is 1. The fraction of sp³-hybridized carbons (Fsp3) is 0. The molecule has 0 bridgehead atoms. The summed E-state index contributed by atoms with van der Waals surface area (Å²) in [4.78, 5) is 9.40. The molecule has 7 heteroatoms. The van der Waals surface area contributed by atoms with E-state index < -0.39 is 22.2 Å².